The lowest BCUT2D eigenvalue weighted by atomic mass is 10.2. The van der Waals surface area contributed by atoms with E-state index in [9.17, 15) is 4.79 Å². The van der Waals surface area contributed by atoms with Gasteiger partial charge >= 0.3 is 0 Å². The van der Waals surface area contributed by atoms with Crippen molar-refractivity contribution in [3.05, 3.63) is 11.5 Å². The van der Waals surface area contributed by atoms with E-state index in [0.717, 1.165) is 37.4 Å². The van der Waals surface area contributed by atoms with Crippen molar-refractivity contribution < 1.29 is 9.21 Å². The highest BCUT2D eigenvalue weighted by Crippen LogP contribution is 2.26. The fourth-order valence-corrected chi connectivity index (χ4v) is 3.16. The molecular formula is C14H22N2O2S. The van der Waals surface area contributed by atoms with Crippen LogP contribution in [0.15, 0.2) is 9.64 Å². The van der Waals surface area contributed by atoms with Crippen LogP contribution in [0.2, 0.25) is 0 Å². The van der Waals surface area contributed by atoms with Crippen molar-refractivity contribution in [2.75, 3.05) is 13.1 Å². The monoisotopic (exact) mass is 282 g/mol. The zero-order valence-corrected chi connectivity index (χ0v) is 12.8. The van der Waals surface area contributed by atoms with E-state index < -0.39 is 0 Å². The van der Waals surface area contributed by atoms with E-state index in [1.807, 2.05) is 25.7 Å². The van der Waals surface area contributed by atoms with Crippen LogP contribution in [0.4, 0.5) is 0 Å². The fourth-order valence-electron chi connectivity index (χ4n) is 2.24. The highest BCUT2D eigenvalue weighted by molar-refractivity contribution is 8.00. The second-order valence-corrected chi connectivity index (χ2v) is 6.41. The predicted molar refractivity (Wildman–Crippen MR) is 76.3 cm³/mol. The number of thioether (sulfide) groups is 1. The molecule has 0 bridgehead atoms. The lowest BCUT2D eigenvalue weighted by Crippen LogP contribution is -2.37. The summed E-state index contributed by atoms with van der Waals surface area (Å²) >= 11 is 1.42. The standard InChI is InChI=1S/C14H22N2O2S/c1-10-11(2)18-14(15-10)19-12(3)13(17)16-8-6-4-5-7-9-16/h12H,4-9H2,1-3H3. The second-order valence-electron chi connectivity index (χ2n) is 5.12. The van der Waals surface area contributed by atoms with Gasteiger partial charge in [0.25, 0.3) is 5.22 Å². The van der Waals surface area contributed by atoms with Gasteiger partial charge in [-0.2, -0.15) is 0 Å². The van der Waals surface area contributed by atoms with Gasteiger partial charge in [0.05, 0.1) is 10.9 Å². The quantitative estimate of drug-likeness (QED) is 0.799. The topological polar surface area (TPSA) is 46.3 Å². The van der Waals surface area contributed by atoms with Gasteiger partial charge in [-0.3, -0.25) is 4.79 Å². The Morgan fingerprint density at radius 2 is 1.89 bits per heavy atom. The number of hydrogen-bond acceptors (Lipinski definition) is 4. The molecule has 106 valence electrons. The number of aromatic nitrogens is 1. The molecule has 1 aromatic rings. The van der Waals surface area contributed by atoms with Crippen LogP contribution >= 0.6 is 11.8 Å². The Balaban J connectivity index is 1.94. The predicted octanol–water partition coefficient (Wildman–Crippen LogP) is 3.17. The third-order valence-corrected chi connectivity index (χ3v) is 4.48. The van der Waals surface area contributed by atoms with Crippen LogP contribution in [0, 0.1) is 13.8 Å². The Kier molecular flexibility index (Phi) is 4.91. The first-order chi connectivity index (χ1) is 9.08. The first-order valence-corrected chi connectivity index (χ1v) is 7.85. The van der Waals surface area contributed by atoms with Crippen molar-refractivity contribution in [2.24, 2.45) is 0 Å². The Bertz CT molecular complexity index is 417. The molecule has 19 heavy (non-hydrogen) atoms. The molecule has 1 amide bonds. The molecule has 0 N–H and O–H groups in total. The summed E-state index contributed by atoms with van der Waals surface area (Å²) in [6, 6.07) is 0. The third kappa shape index (κ3) is 3.75. The Labute approximate surface area is 118 Å². The van der Waals surface area contributed by atoms with Crippen molar-refractivity contribution in [3.63, 3.8) is 0 Å². The highest BCUT2D eigenvalue weighted by Gasteiger charge is 2.24. The molecule has 0 saturated carbocycles. The van der Waals surface area contributed by atoms with Crippen molar-refractivity contribution in [3.8, 4) is 0 Å². The fraction of sp³-hybridized carbons (Fsp3) is 0.714. The van der Waals surface area contributed by atoms with E-state index in [2.05, 4.69) is 4.98 Å². The van der Waals surface area contributed by atoms with E-state index in [1.54, 1.807) is 0 Å². The number of nitrogens with zero attached hydrogens (tertiary/aromatic N) is 2. The van der Waals surface area contributed by atoms with Crippen molar-refractivity contribution in [1.29, 1.82) is 0 Å². The molecule has 1 fully saturated rings. The first kappa shape index (κ1) is 14.4. The molecule has 1 aliphatic rings. The van der Waals surface area contributed by atoms with Gasteiger partial charge in [0.1, 0.15) is 5.76 Å². The lowest BCUT2D eigenvalue weighted by Gasteiger charge is -2.23. The van der Waals surface area contributed by atoms with E-state index in [-0.39, 0.29) is 11.2 Å². The summed E-state index contributed by atoms with van der Waals surface area (Å²) in [7, 11) is 0. The number of carbonyl (C=O) groups excluding carboxylic acids is 1. The molecule has 1 unspecified atom stereocenters. The van der Waals surface area contributed by atoms with Gasteiger partial charge < -0.3 is 9.32 Å². The molecule has 0 spiro atoms. The maximum absolute atomic E-state index is 12.4. The van der Waals surface area contributed by atoms with Gasteiger partial charge in [0.2, 0.25) is 5.91 Å². The number of likely N-dealkylation sites (tertiary alicyclic amines) is 1. The minimum absolute atomic E-state index is 0.129. The maximum atomic E-state index is 12.4. The van der Waals surface area contributed by atoms with Crippen LogP contribution in [0.5, 0.6) is 0 Å². The molecule has 0 radical (unpaired) electrons. The summed E-state index contributed by atoms with van der Waals surface area (Å²) in [6.45, 7) is 7.55. The average molecular weight is 282 g/mol. The Morgan fingerprint density at radius 1 is 1.26 bits per heavy atom. The first-order valence-electron chi connectivity index (χ1n) is 6.97. The Hall–Kier alpha value is -0.970. The molecule has 1 saturated heterocycles. The van der Waals surface area contributed by atoms with Crippen LogP contribution in [0.3, 0.4) is 0 Å². The maximum Gasteiger partial charge on any atom is 0.256 e. The zero-order valence-electron chi connectivity index (χ0n) is 11.9. The molecule has 2 heterocycles. The largest absolute Gasteiger partial charge is 0.437 e. The summed E-state index contributed by atoms with van der Waals surface area (Å²) in [5, 5.41) is 0.473. The number of oxazole rings is 1. The molecular weight excluding hydrogens is 260 g/mol. The van der Waals surface area contributed by atoms with E-state index in [1.165, 1.54) is 24.6 Å². The van der Waals surface area contributed by atoms with Gasteiger partial charge in [-0.15, -0.1) is 0 Å². The average Bonchev–Trinajstić information content (AvgIpc) is 2.62. The van der Waals surface area contributed by atoms with Gasteiger partial charge in [0.15, 0.2) is 0 Å². The number of amides is 1. The van der Waals surface area contributed by atoms with E-state index >= 15 is 0 Å². The molecule has 0 aromatic carbocycles. The van der Waals surface area contributed by atoms with Gasteiger partial charge in [-0.25, -0.2) is 4.98 Å². The van der Waals surface area contributed by atoms with Crippen molar-refractivity contribution in [2.45, 2.75) is 56.9 Å². The van der Waals surface area contributed by atoms with Gasteiger partial charge in [-0.1, -0.05) is 24.6 Å². The number of hydrogen-bond donors (Lipinski definition) is 0. The van der Waals surface area contributed by atoms with E-state index in [4.69, 9.17) is 4.42 Å². The summed E-state index contributed by atoms with van der Waals surface area (Å²) < 4.78 is 5.53. The van der Waals surface area contributed by atoms with Gasteiger partial charge in [0, 0.05) is 13.1 Å². The summed E-state index contributed by atoms with van der Waals surface area (Å²) in [6.07, 6.45) is 4.73. The van der Waals surface area contributed by atoms with Crippen LogP contribution < -0.4 is 0 Å². The van der Waals surface area contributed by atoms with Crippen LogP contribution in [-0.2, 0) is 4.79 Å². The van der Waals surface area contributed by atoms with Crippen LogP contribution in [0.25, 0.3) is 0 Å². The second kappa shape index (κ2) is 6.46. The Morgan fingerprint density at radius 3 is 2.42 bits per heavy atom. The smallest absolute Gasteiger partial charge is 0.256 e. The van der Waals surface area contributed by atoms with Crippen LogP contribution in [0.1, 0.15) is 44.1 Å². The molecule has 1 aliphatic heterocycles. The third-order valence-electron chi connectivity index (χ3n) is 3.55. The zero-order chi connectivity index (χ0) is 13.8. The lowest BCUT2D eigenvalue weighted by molar-refractivity contribution is -0.130. The highest BCUT2D eigenvalue weighted by atomic mass is 32.2. The number of aryl methyl sites for hydroxylation is 2. The van der Waals surface area contributed by atoms with Crippen molar-refractivity contribution >= 4 is 17.7 Å². The van der Waals surface area contributed by atoms with Crippen molar-refractivity contribution in [1.82, 2.24) is 9.88 Å². The minimum atomic E-state index is -0.129. The van der Waals surface area contributed by atoms with Crippen LogP contribution in [-0.4, -0.2) is 34.1 Å². The normalized spacial score (nSPS) is 18.2. The molecule has 1 aromatic heterocycles. The summed E-state index contributed by atoms with van der Waals surface area (Å²) in [5.41, 5.74) is 0.900. The van der Waals surface area contributed by atoms with Gasteiger partial charge in [-0.05, 0) is 33.6 Å². The molecule has 0 aliphatic carbocycles. The molecule has 5 heteroatoms. The summed E-state index contributed by atoms with van der Waals surface area (Å²) in [4.78, 5) is 18.7. The molecule has 2 rings (SSSR count). The summed E-state index contributed by atoms with van der Waals surface area (Å²) in [5.74, 6) is 1.04. The molecule has 4 nitrogen and oxygen atoms in total. The minimum Gasteiger partial charge on any atom is -0.437 e. The number of rotatable bonds is 3. The number of carbonyl (C=O) groups is 1. The molecule has 1 atom stereocenters. The van der Waals surface area contributed by atoms with E-state index in [0.29, 0.717) is 5.22 Å². The SMILES string of the molecule is Cc1nc(SC(C)C(=O)N2CCCCCC2)oc1C.